The summed E-state index contributed by atoms with van der Waals surface area (Å²) in [5.41, 5.74) is 1.62. The second-order valence-electron chi connectivity index (χ2n) is 7.36. The average Bonchev–Trinajstić information content (AvgIpc) is 2.60. The van der Waals surface area contributed by atoms with E-state index in [2.05, 4.69) is 16.0 Å². The lowest BCUT2D eigenvalue weighted by molar-refractivity contribution is -0.124. The number of piperidine rings is 1. The molecule has 0 aromatic heterocycles. The molecular weight excluding hydrogens is 314 g/mol. The van der Waals surface area contributed by atoms with Crippen LogP contribution in [0, 0.1) is 18.8 Å². The summed E-state index contributed by atoms with van der Waals surface area (Å²) < 4.78 is 0. The van der Waals surface area contributed by atoms with Crippen LogP contribution < -0.4 is 16.0 Å². The van der Waals surface area contributed by atoms with Crippen molar-refractivity contribution in [3.8, 4) is 0 Å². The lowest BCUT2D eigenvalue weighted by Gasteiger charge is -2.24. The van der Waals surface area contributed by atoms with Gasteiger partial charge in [0, 0.05) is 12.1 Å². The average molecular weight is 345 g/mol. The molecule has 1 fully saturated rings. The number of nitrogens with one attached hydrogen (secondary N) is 3. The summed E-state index contributed by atoms with van der Waals surface area (Å²) in [5, 5.41) is 9.28. The standard InChI is InChI=1S/C20H31N3O2/c1-14(2)18(23-19(24)17-8-4-6-15(3)12-17)20(25)22-11-9-16-7-5-10-21-13-16/h4,6,8,12,14,16,18,21H,5,7,9-11,13H2,1-3H3,(H,22,25)(H,23,24). The number of carbonyl (C=O) groups is 2. The second kappa shape index (κ2) is 9.56. The van der Waals surface area contributed by atoms with E-state index in [0.29, 0.717) is 18.0 Å². The lowest BCUT2D eigenvalue weighted by Crippen LogP contribution is -2.50. The number of hydrogen-bond donors (Lipinski definition) is 3. The van der Waals surface area contributed by atoms with Crippen molar-refractivity contribution in [2.45, 2.75) is 46.1 Å². The van der Waals surface area contributed by atoms with Gasteiger partial charge in [-0.2, -0.15) is 0 Å². The van der Waals surface area contributed by atoms with Crippen LogP contribution in [0.25, 0.3) is 0 Å². The van der Waals surface area contributed by atoms with Gasteiger partial charge in [-0.15, -0.1) is 0 Å². The molecular formula is C20H31N3O2. The van der Waals surface area contributed by atoms with Gasteiger partial charge in [0.15, 0.2) is 0 Å². The molecule has 5 nitrogen and oxygen atoms in total. The van der Waals surface area contributed by atoms with Crippen molar-refractivity contribution in [3.05, 3.63) is 35.4 Å². The van der Waals surface area contributed by atoms with Crippen LogP contribution in [0.15, 0.2) is 24.3 Å². The van der Waals surface area contributed by atoms with Crippen molar-refractivity contribution in [1.29, 1.82) is 0 Å². The first-order chi connectivity index (χ1) is 12.0. The highest BCUT2D eigenvalue weighted by Gasteiger charge is 2.24. The van der Waals surface area contributed by atoms with Crippen molar-refractivity contribution in [2.75, 3.05) is 19.6 Å². The van der Waals surface area contributed by atoms with Crippen molar-refractivity contribution in [3.63, 3.8) is 0 Å². The first-order valence-corrected chi connectivity index (χ1v) is 9.33. The maximum absolute atomic E-state index is 12.5. The Hall–Kier alpha value is -1.88. The molecule has 1 saturated heterocycles. The molecule has 2 amide bonds. The molecule has 2 atom stereocenters. The SMILES string of the molecule is Cc1cccc(C(=O)NC(C(=O)NCCC2CCCNC2)C(C)C)c1. The number of amides is 2. The van der Waals surface area contributed by atoms with Crippen LogP contribution in [-0.4, -0.2) is 37.5 Å². The molecule has 1 aromatic rings. The van der Waals surface area contributed by atoms with Gasteiger partial charge in [-0.1, -0.05) is 31.5 Å². The first kappa shape index (κ1) is 19.4. The Morgan fingerprint density at radius 1 is 1.32 bits per heavy atom. The molecule has 25 heavy (non-hydrogen) atoms. The quantitative estimate of drug-likeness (QED) is 0.710. The highest BCUT2D eigenvalue weighted by atomic mass is 16.2. The van der Waals surface area contributed by atoms with Gasteiger partial charge in [0.05, 0.1) is 0 Å². The molecule has 1 aromatic carbocycles. The van der Waals surface area contributed by atoms with Crippen LogP contribution in [0.5, 0.6) is 0 Å². The second-order valence-corrected chi connectivity index (χ2v) is 7.36. The summed E-state index contributed by atoms with van der Waals surface area (Å²) in [4.78, 5) is 25.0. The molecule has 0 spiro atoms. The van der Waals surface area contributed by atoms with Gasteiger partial charge in [0.2, 0.25) is 5.91 Å². The Morgan fingerprint density at radius 3 is 2.76 bits per heavy atom. The number of aryl methyl sites for hydroxylation is 1. The summed E-state index contributed by atoms with van der Waals surface area (Å²) in [6, 6.07) is 6.89. The molecule has 2 rings (SSSR count). The monoisotopic (exact) mass is 345 g/mol. The molecule has 1 aliphatic rings. The van der Waals surface area contributed by atoms with Gasteiger partial charge in [0.25, 0.3) is 5.91 Å². The molecule has 0 radical (unpaired) electrons. The van der Waals surface area contributed by atoms with Crippen molar-refractivity contribution >= 4 is 11.8 Å². The molecule has 0 saturated carbocycles. The van der Waals surface area contributed by atoms with Gasteiger partial charge >= 0.3 is 0 Å². The summed E-state index contributed by atoms with van der Waals surface area (Å²) in [6.07, 6.45) is 3.41. The van der Waals surface area contributed by atoms with Crippen LogP contribution in [0.2, 0.25) is 0 Å². The third kappa shape index (κ3) is 6.16. The predicted molar refractivity (Wildman–Crippen MR) is 100 cm³/mol. The van der Waals surface area contributed by atoms with E-state index >= 15 is 0 Å². The van der Waals surface area contributed by atoms with Crippen molar-refractivity contribution in [2.24, 2.45) is 11.8 Å². The van der Waals surface area contributed by atoms with Crippen molar-refractivity contribution < 1.29 is 9.59 Å². The zero-order chi connectivity index (χ0) is 18.2. The van der Waals surface area contributed by atoms with Crippen LogP contribution in [0.1, 0.15) is 49.0 Å². The molecule has 3 N–H and O–H groups in total. The Kier molecular flexibility index (Phi) is 7.44. The molecule has 0 aliphatic carbocycles. The highest BCUT2D eigenvalue weighted by molar-refractivity contribution is 5.97. The molecule has 0 bridgehead atoms. The third-order valence-electron chi connectivity index (χ3n) is 4.77. The maximum atomic E-state index is 12.5. The molecule has 1 heterocycles. The van der Waals surface area contributed by atoms with E-state index in [0.717, 1.165) is 25.1 Å². The number of benzene rings is 1. The van der Waals surface area contributed by atoms with E-state index in [-0.39, 0.29) is 17.7 Å². The molecule has 2 unspecified atom stereocenters. The normalized spacial score (nSPS) is 18.6. The van der Waals surface area contributed by atoms with E-state index in [1.165, 1.54) is 12.8 Å². The van der Waals surface area contributed by atoms with E-state index in [1.807, 2.05) is 39.0 Å². The van der Waals surface area contributed by atoms with Gasteiger partial charge in [-0.25, -0.2) is 0 Å². The minimum Gasteiger partial charge on any atom is -0.354 e. The Bertz CT molecular complexity index is 580. The van der Waals surface area contributed by atoms with E-state index in [1.54, 1.807) is 6.07 Å². The number of hydrogen-bond acceptors (Lipinski definition) is 3. The largest absolute Gasteiger partial charge is 0.354 e. The van der Waals surface area contributed by atoms with Crippen LogP contribution >= 0.6 is 0 Å². The molecule has 5 heteroatoms. The minimum absolute atomic E-state index is 0.0325. The van der Waals surface area contributed by atoms with Crippen LogP contribution in [-0.2, 0) is 4.79 Å². The van der Waals surface area contributed by atoms with E-state index < -0.39 is 6.04 Å². The minimum atomic E-state index is -0.516. The summed E-state index contributed by atoms with van der Waals surface area (Å²) in [5.74, 6) is 0.368. The summed E-state index contributed by atoms with van der Waals surface area (Å²) in [7, 11) is 0. The van der Waals surface area contributed by atoms with Crippen LogP contribution in [0.4, 0.5) is 0 Å². The predicted octanol–water partition coefficient (Wildman–Crippen LogP) is 2.26. The Labute approximate surface area is 151 Å². The van der Waals surface area contributed by atoms with Crippen LogP contribution in [0.3, 0.4) is 0 Å². The fourth-order valence-corrected chi connectivity index (χ4v) is 3.23. The number of rotatable bonds is 7. The molecule has 138 valence electrons. The van der Waals surface area contributed by atoms with E-state index in [9.17, 15) is 9.59 Å². The Morgan fingerprint density at radius 2 is 2.12 bits per heavy atom. The fourth-order valence-electron chi connectivity index (χ4n) is 3.23. The zero-order valence-corrected chi connectivity index (χ0v) is 15.6. The topological polar surface area (TPSA) is 70.2 Å². The number of carbonyl (C=O) groups excluding carboxylic acids is 2. The highest BCUT2D eigenvalue weighted by Crippen LogP contribution is 2.13. The third-order valence-corrected chi connectivity index (χ3v) is 4.77. The summed E-state index contributed by atoms with van der Waals surface area (Å²) in [6.45, 7) is 8.65. The van der Waals surface area contributed by atoms with Gasteiger partial charge < -0.3 is 16.0 Å². The molecule has 1 aliphatic heterocycles. The maximum Gasteiger partial charge on any atom is 0.251 e. The van der Waals surface area contributed by atoms with Crippen molar-refractivity contribution in [1.82, 2.24) is 16.0 Å². The van der Waals surface area contributed by atoms with Gasteiger partial charge in [-0.05, 0) is 63.2 Å². The Balaban J connectivity index is 1.85. The van der Waals surface area contributed by atoms with Gasteiger partial charge in [0.1, 0.15) is 6.04 Å². The van der Waals surface area contributed by atoms with E-state index in [4.69, 9.17) is 0 Å². The smallest absolute Gasteiger partial charge is 0.251 e. The summed E-state index contributed by atoms with van der Waals surface area (Å²) >= 11 is 0. The lowest BCUT2D eigenvalue weighted by atomic mass is 9.96. The fraction of sp³-hybridized carbons (Fsp3) is 0.600. The zero-order valence-electron chi connectivity index (χ0n) is 15.6. The van der Waals surface area contributed by atoms with Gasteiger partial charge in [-0.3, -0.25) is 9.59 Å². The first-order valence-electron chi connectivity index (χ1n) is 9.33.